The number of nitrogens with one attached hydrogen (secondary N) is 2. The molecule has 0 aromatic heterocycles. The molecule has 1 heterocycles. The molecular weight excluding hydrogens is 255 g/mol. The highest BCUT2D eigenvalue weighted by Crippen LogP contribution is 2.12. The van der Waals surface area contributed by atoms with Crippen LogP contribution >= 0.6 is 12.4 Å². The molecule has 1 aromatic rings. The Morgan fingerprint density at radius 2 is 2.33 bits per heavy atom. The van der Waals surface area contributed by atoms with E-state index >= 15 is 0 Å². The van der Waals surface area contributed by atoms with Gasteiger partial charge in [0, 0.05) is 6.54 Å². The summed E-state index contributed by atoms with van der Waals surface area (Å²) in [5, 5.41) is 6.02. The summed E-state index contributed by atoms with van der Waals surface area (Å²) in [4.78, 5) is 11.8. The van der Waals surface area contributed by atoms with Crippen molar-refractivity contribution in [2.24, 2.45) is 5.92 Å². The van der Waals surface area contributed by atoms with Gasteiger partial charge in [-0.1, -0.05) is 12.1 Å². The van der Waals surface area contributed by atoms with Crippen LogP contribution in [-0.2, 0) is 0 Å². The van der Waals surface area contributed by atoms with Crippen LogP contribution in [0.4, 0.5) is 4.39 Å². The average Bonchev–Trinajstić information content (AvgIpc) is 2.82. The largest absolute Gasteiger partial charge is 0.352 e. The minimum Gasteiger partial charge on any atom is -0.352 e. The van der Waals surface area contributed by atoms with E-state index in [1.165, 1.54) is 6.07 Å². The van der Waals surface area contributed by atoms with Gasteiger partial charge >= 0.3 is 0 Å². The first kappa shape index (κ1) is 14.9. The highest BCUT2D eigenvalue weighted by Gasteiger charge is 2.17. The van der Waals surface area contributed by atoms with Gasteiger partial charge in [0.1, 0.15) is 5.82 Å². The van der Waals surface area contributed by atoms with Gasteiger partial charge in [-0.05, 0) is 44.0 Å². The molecule has 1 atom stereocenters. The Kier molecular flexibility index (Phi) is 5.56. The van der Waals surface area contributed by atoms with Crippen LogP contribution in [-0.4, -0.2) is 25.5 Å². The van der Waals surface area contributed by atoms with Crippen molar-refractivity contribution in [3.63, 3.8) is 0 Å². The first-order chi connectivity index (χ1) is 8.18. The molecule has 1 unspecified atom stereocenters. The van der Waals surface area contributed by atoms with Gasteiger partial charge in [0.2, 0.25) is 0 Å². The van der Waals surface area contributed by atoms with Crippen molar-refractivity contribution >= 4 is 18.3 Å². The van der Waals surface area contributed by atoms with Crippen LogP contribution in [0.2, 0.25) is 0 Å². The second kappa shape index (κ2) is 6.71. The van der Waals surface area contributed by atoms with E-state index in [1.807, 2.05) is 0 Å². The summed E-state index contributed by atoms with van der Waals surface area (Å²) in [6.45, 7) is 4.20. The molecular formula is C13H18ClFN2O. The van der Waals surface area contributed by atoms with E-state index in [9.17, 15) is 9.18 Å². The Bertz CT molecular complexity index is 419. The van der Waals surface area contributed by atoms with Gasteiger partial charge in [-0.25, -0.2) is 4.39 Å². The molecule has 0 radical (unpaired) electrons. The van der Waals surface area contributed by atoms with Crippen LogP contribution in [0.5, 0.6) is 0 Å². The first-order valence-electron chi connectivity index (χ1n) is 5.92. The van der Waals surface area contributed by atoms with Crippen LogP contribution in [0.25, 0.3) is 0 Å². The number of rotatable bonds is 3. The van der Waals surface area contributed by atoms with Crippen LogP contribution < -0.4 is 10.6 Å². The van der Waals surface area contributed by atoms with Gasteiger partial charge in [-0.2, -0.15) is 0 Å². The minimum atomic E-state index is -0.422. The highest BCUT2D eigenvalue weighted by atomic mass is 35.5. The zero-order valence-electron chi connectivity index (χ0n) is 10.3. The fourth-order valence-corrected chi connectivity index (χ4v) is 2.04. The number of carbonyl (C=O) groups excluding carboxylic acids is 1. The van der Waals surface area contributed by atoms with E-state index in [1.54, 1.807) is 19.1 Å². The average molecular weight is 273 g/mol. The zero-order chi connectivity index (χ0) is 12.3. The van der Waals surface area contributed by atoms with Gasteiger partial charge in [-0.15, -0.1) is 12.4 Å². The summed E-state index contributed by atoms with van der Waals surface area (Å²) >= 11 is 0. The molecule has 1 fully saturated rings. The second-order valence-electron chi connectivity index (χ2n) is 4.51. The summed E-state index contributed by atoms with van der Waals surface area (Å²) in [5.74, 6) is -0.278. The molecule has 1 aliphatic heterocycles. The number of halogens is 2. The van der Waals surface area contributed by atoms with E-state index in [0.29, 0.717) is 18.0 Å². The third-order valence-corrected chi connectivity index (χ3v) is 3.15. The van der Waals surface area contributed by atoms with Crippen molar-refractivity contribution < 1.29 is 9.18 Å². The fraction of sp³-hybridized carbons (Fsp3) is 0.462. The maximum atomic E-state index is 13.7. The maximum absolute atomic E-state index is 13.7. The van der Waals surface area contributed by atoms with Crippen molar-refractivity contribution in [1.82, 2.24) is 10.6 Å². The molecule has 1 aliphatic rings. The maximum Gasteiger partial charge on any atom is 0.254 e. The topological polar surface area (TPSA) is 41.1 Å². The van der Waals surface area contributed by atoms with Crippen molar-refractivity contribution in [1.29, 1.82) is 0 Å². The van der Waals surface area contributed by atoms with Crippen LogP contribution in [0, 0.1) is 18.7 Å². The van der Waals surface area contributed by atoms with Crippen LogP contribution in [0.15, 0.2) is 18.2 Å². The van der Waals surface area contributed by atoms with Crippen molar-refractivity contribution in [2.45, 2.75) is 13.3 Å². The van der Waals surface area contributed by atoms with Gasteiger partial charge in [-0.3, -0.25) is 4.79 Å². The minimum absolute atomic E-state index is 0. The van der Waals surface area contributed by atoms with E-state index in [2.05, 4.69) is 10.6 Å². The van der Waals surface area contributed by atoms with Gasteiger partial charge in [0.05, 0.1) is 5.56 Å². The Morgan fingerprint density at radius 3 is 3.00 bits per heavy atom. The summed E-state index contributed by atoms with van der Waals surface area (Å²) < 4.78 is 13.7. The predicted octanol–water partition coefficient (Wildman–Crippen LogP) is 1.90. The van der Waals surface area contributed by atoms with E-state index in [0.717, 1.165) is 19.5 Å². The molecule has 1 aromatic carbocycles. The fourth-order valence-electron chi connectivity index (χ4n) is 2.04. The lowest BCUT2D eigenvalue weighted by atomic mass is 10.1. The molecule has 0 spiro atoms. The molecule has 0 aliphatic carbocycles. The highest BCUT2D eigenvalue weighted by molar-refractivity contribution is 5.94. The SMILES string of the molecule is Cc1cccc(C(=O)NCC2CCNC2)c1F.Cl. The number of amides is 1. The molecule has 0 saturated carbocycles. The molecule has 5 heteroatoms. The monoisotopic (exact) mass is 272 g/mol. The Hall–Kier alpha value is -1.13. The van der Waals surface area contributed by atoms with Gasteiger partial charge in [0.15, 0.2) is 0 Å². The second-order valence-corrected chi connectivity index (χ2v) is 4.51. The molecule has 2 rings (SSSR count). The lowest BCUT2D eigenvalue weighted by Crippen LogP contribution is -2.30. The zero-order valence-corrected chi connectivity index (χ0v) is 11.1. The van der Waals surface area contributed by atoms with Crippen molar-refractivity contribution in [2.75, 3.05) is 19.6 Å². The normalized spacial score (nSPS) is 18.2. The van der Waals surface area contributed by atoms with Crippen molar-refractivity contribution in [3.8, 4) is 0 Å². The summed E-state index contributed by atoms with van der Waals surface area (Å²) in [5.41, 5.74) is 0.635. The lowest BCUT2D eigenvalue weighted by Gasteiger charge is -2.11. The molecule has 1 amide bonds. The van der Waals surface area contributed by atoms with Crippen LogP contribution in [0.1, 0.15) is 22.3 Å². The number of benzene rings is 1. The Labute approximate surface area is 113 Å². The van der Waals surface area contributed by atoms with Gasteiger partial charge < -0.3 is 10.6 Å². The standard InChI is InChI=1S/C13H17FN2O.ClH/c1-9-3-2-4-11(12(9)14)13(17)16-8-10-5-6-15-7-10;/h2-4,10,15H,5-8H2,1H3,(H,16,17);1H. The molecule has 3 nitrogen and oxygen atoms in total. The third-order valence-electron chi connectivity index (χ3n) is 3.15. The van der Waals surface area contributed by atoms with E-state index < -0.39 is 5.82 Å². The Balaban J connectivity index is 0.00000162. The quantitative estimate of drug-likeness (QED) is 0.882. The predicted molar refractivity (Wildman–Crippen MR) is 71.7 cm³/mol. The third kappa shape index (κ3) is 3.43. The molecule has 100 valence electrons. The smallest absolute Gasteiger partial charge is 0.254 e. The van der Waals surface area contributed by atoms with Crippen LogP contribution in [0.3, 0.4) is 0 Å². The summed E-state index contributed by atoms with van der Waals surface area (Å²) in [7, 11) is 0. The molecule has 2 N–H and O–H groups in total. The first-order valence-corrected chi connectivity index (χ1v) is 5.92. The van der Waals surface area contributed by atoms with E-state index in [-0.39, 0.29) is 23.9 Å². The lowest BCUT2D eigenvalue weighted by molar-refractivity contribution is 0.0944. The van der Waals surface area contributed by atoms with E-state index in [4.69, 9.17) is 0 Å². The number of hydrogen-bond acceptors (Lipinski definition) is 2. The number of carbonyl (C=O) groups is 1. The number of hydrogen-bond donors (Lipinski definition) is 2. The molecule has 18 heavy (non-hydrogen) atoms. The Morgan fingerprint density at radius 1 is 1.56 bits per heavy atom. The van der Waals surface area contributed by atoms with Crippen molar-refractivity contribution in [3.05, 3.63) is 35.1 Å². The summed E-state index contributed by atoms with van der Waals surface area (Å²) in [6, 6.07) is 4.88. The summed E-state index contributed by atoms with van der Waals surface area (Å²) in [6.07, 6.45) is 1.07. The van der Waals surface area contributed by atoms with Gasteiger partial charge in [0.25, 0.3) is 5.91 Å². The molecule has 1 saturated heterocycles. The molecule has 0 bridgehead atoms. The number of aryl methyl sites for hydroxylation is 1.